The minimum Gasteiger partial charge on any atom is -0.508 e. The SMILES string of the molecule is COC(=O)C(NC(=O)OCc1ccccc1)c1ccc(O)cc1. The molecule has 2 N–H and O–H groups in total. The van der Waals surface area contributed by atoms with Crippen molar-refractivity contribution in [2.45, 2.75) is 12.6 Å². The molecule has 120 valence electrons. The number of hydrogen-bond donors (Lipinski definition) is 2. The summed E-state index contributed by atoms with van der Waals surface area (Å²) < 4.78 is 9.78. The summed E-state index contributed by atoms with van der Waals surface area (Å²) in [6, 6.07) is 14.1. The van der Waals surface area contributed by atoms with Gasteiger partial charge in [0.25, 0.3) is 0 Å². The van der Waals surface area contributed by atoms with Crippen molar-refractivity contribution >= 4 is 12.1 Å². The van der Waals surface area contributed by atoms with Gasteiger partial charge in [-0.2, -0.15) is 0 Å². The second-order valence-corrected chi connectivity index (χ2v) is 4.75. The molecule has 0 aliphatic rings. The number of ether oxygens (including phenoxy) is 2. The number of alkyl carbamates (subject to hydrolysis) is 1. The van der Waals surface area contributed by atoms with E-state index >= 15 is 0 Å². The van der Waals surface area contributed by atoms with Crippen molar-refractivity contribution in [3.05, 3.63) is 65.7 Å². The van der Waals surface area contributed by atoms with Gasteiger partial charge in [0.1, 0.15) is 12.4 Å². The van der Waals surface area contributed by atoms with Crippen LogP contribution in [0.25, 0.3) is 0 Å². The van der Waals surface area contributed by atoms with Gasteiger partial charge in [0.2, 0.25) is 0 Å². The van der Waals surface area contributed by atoms with Crippen LogP contribution in [0.2, 0.25) is 0 Å². The molecule has 2 aromatic carbocycles. The van der Waals surface area contributed by atoms with E-state index in [1.165, 1.54) is 31.4 Å². The molecule has 2 aromatic rings. The lowest BCUT2D eigenvalue weighted by Crippen LogP contribution is -2.34. The lowest BCUT2D eigenvalue weighted by Gasteiger charge is -2.17. The Kier molecular flexibility index (Phi) is 5.57. The Morgan fingerprint density at radius 2 is 1.74 bits per heavy atom. The molecule has 1 unspecified atom stereocenters. The molecule has 0 radical (unpaired) electrons. The van der Waals surface area contributed by atoms with Crippen LogP contribution in [0, 0.1) is 0 Å². The van der Waals surface area contributed by atoms with Gasteiger partial charge in [-0.3, -0.25) is 0 Å². The van der Waals surface area contributed by atoms with E-state index in [9.17, 15) is 14.7 Å². The predicted octanol–water partition coefficient (Wildman–Crippen LogP) is 2.53. The number of esters is 1. The Labute approximate surface area is 133 Å². The van der Waals surface area contributed by atoms with Gasteiger partial charge in [0.05, 0.1) is 7.11 Å². The van der Waals surface area contributed by atoms with Gasteiger partial charge in [-0.1, -0.05) is 42.5 Å². The summed E-state index contributed by atoms with van der Waals surface area (Å²) in [5, 5.41) is 11.8. The first-order valence-electron chi connectivity index (χ1n) is 6.94. The van der Waals surface area contributed by atoms with E-state index in [0.717, 1.165) is 5.56 Å². The smallest absolute Gasteiger partial charge is 0.408 e. The minimum atomic E-state index is -1.01. The van der Waals surface area contributed by atoms with E-state index in [4.69, 9.17) is 4.74 Å². The van der Waals surface area contributed by atoms with Crippen molar-refractivity contribution in [3.63, 3.8) is 0 Å². The highest BCUT2D eigenvalue weighted by atomic mass is 16.6. The summed E-state index contributed by atoms with van der Waals surface area (Å²) in [5.74, 6) is -0.573. The Morgan fingerprint density at radius 3 is 2.35 bits per heavy atom. The third-order valence-corrected chi connectivity index (χ3v) is 3.14. The van der Waals surface area contributed by atoms with Crippen LogP contribution >= 0.6 is 0 Å². The Bertz CT molecular complexity index is 654. The Morgan fingerprint density at radius 1 is 1.09 bits per heavy atom. The molecule has 0 bridgehead atoms. The van der Waals surface area contributed by atoms with Crippen molar-refractivity contribution in [3.8, 4) is 5.75 Å². The minimum absolute atomic E-state index is 0.0593. The number of rotatable bonds is 5. The van der Waals surface area contributed by atoms with Gasteiger partial charge in [-0.25, -0.2) is 9.59 Å². The first kappa shape index (κ1) is 16.4. The zero-order valence-corrected chi connectivity index (χ0v) is 12.6. The van der Waals surface area contributed by atoms with Crippen LogP contribution < -0.4 is 5.32 Å². The molecule has 0 aliphatic heterocycles. The van der Waals surface area contributed by atoms with Crippen LogP contribution in [-0.4, -0.2) is 24.3 Å². The van der Waals surface area contributed by atoms with Crippen molar-refractivity contribution in [2.75, 3.05) is 7.11 Å². The molecule has 0 fully saturated rings. The third-order valence-electron chi connectivity index (χ3n) is 3.14. The predicted molar refractivity (Wildman–Crippen MR) is 82.6 cm³/mol. The summed E-state index contributed by atoms with van der Waals surface area (Å²) in [5.41, 5.74) is 1.31. The van der Waals surface area contributed by atoms with Crippen LogP contribution in [0.15, 0.2) is 54.6 Å². The zero-order valence-electron chi connectivity index (χ0n) is 12.6. The number of phenols is 1. The molecule has 23 heavy (non-hydrogen) atoms. The number of carbonyl (C=O) groups excluding carboxylic acids is 2. The molecule has 0 aromatic heterocycles. The highest BCUT2D eigenvalue weighted by Gasteiger charge is 2.24. The van der Waals surface area contributed by atoms with E-state index in [1.54, 1.807) is 0 Å². The molecule has 0 saturated heterocycles. The number of hydrogen-bond acceptors (Lipinski definition) is 5. The number of phenolic OH excluding ortho intramolecular Hbond substituents is 1. The summed E-state index contributed by atoms with van der Waals surface area (Å²) in [4.78, 5) is 23.7. The van der Waals surface area contributed by atoms with Gasteiger partial charge < -0.3 is 19.9 Å². The van der Waals surface area contributed by atoms with E-state index < -0.39 is 18.1 Å². The maximum atomic E-state index is 11.9. The quantitative estimate of drug-likeness (QED) is 0.828. The first-order chi connectivity index (χ1) is 11.1. The zero-order chi connectivity index (χ0) is 16.7. The average Bonchev–Trinajstić information content (AvgIpc) is 2.59. The van der Waals surface area contributed by atoms with Crippen molar-refractivity contribution in [1.29, 1.82) is 0 Å². The van der Waals surface area contributed by atoms with E-state index in [0.29, 0.717) is 5.56 Å². The van der Waals surface area contributed by atoms with Crippen LogP contribution in [0.1, 0.15) is 17.2 Å². The van der Waals surface area contributed by atoms with Crippen molar-refractivity contribution < 1.29 is 24.2 Å². The van der Waals surface area contributed by atoms with Crippen LogP contribution in [0.5, 0.6) is 5.75 Å². The van der Waals surface area contributed by atoms with Crippen LogP contribution in [0.3, 0.4) is 0 Å². The Hall–Kier alpha value is -3.02. The van der Waals surface area contributed by atoms with Gasteiger partial charge in [0, 0.05) is 0 Å². The molecule has 6 nitrogen and oxygen atoms in total. The number of benzene rings is 2. The molecule has 6 heteroatoms. The molecule has 0 aliphatic carbocycles. The number of aromatic hydroxyl groups is 1. The number of carbonyl (C=O) groups is 2. The topological polar surface area (TPSA) is 84.9 Å². The largest absolute Gasteiger partial charge is 0.508 e. The summed E-state index contributed by atoms with van der Waals surface area (Å²) >= 11 is 0. The lowest BCUT2D eigenvalue weighted by atomic mass is 10.1. The molecule has 0 heterocycles. The Balaban J connectivity index is 2.01. The monoisotopic (exact) mass is 315 g/mol. The third kappa shape index (κ3) is 4.74. The molecular formula is C17H17NO5. The molecule has 0 spiro atoms. The molecule has 1 amide bonds. The maximum Gasteiger partial charge on any atom is 0.408 e. The van der Waals surface area contributed by atoms with E-state index in [-0.39, 0.29) is 12.4 Å². The van der Waals surface area contributed by atoms with Gasteiger partial charge in [-0.05, 0) is 23.3 Å². The van der Waals surface area contributed by atoms with Gasteiger partial charge >= 0.3 is 12.1 Å². The number of nitrogens with one attached hydrogen (secondary N) is 1. The second-order valence-electron chi connectivity index (χ2n) is 4.75. The first-order valence-corrected chi connectivity index (χ1v) is 6.94. The summed E-state index contributed by atoms with van der Waals surface area (Å²) in [7, 11) is 1.23. The van der Waals surface area contributed by atoms with Gasteiger partial charge in [0.15, 0.2) is 6.04 Å². The normalized spacial score (nSPS) is 11.3. The van der Waals surface area contributed by atoms with Gasteiger partial charge in [-0.15, -0.1) is 0 Å². The average molecular weight is 315 g/mol. The molecule has 1 atom stereocenters. The standard InChI is InChI=1S/C17H17NO5/c1-22-16(20)15(13-7-9-14(19)10-8-13)18-17(21)23-11-12-5-3-2-4-6-12/h2-10,15,19H,11H2,1H3,(H,18,21). The summed E-state index contributed by atoms with van der Waals surface area (Å²) in [6.45, 7) is 0.0934. The fourth-order valence-electron chi connectivity index (χ4n) is 1.95. The van der Waals surface area contributed by atoms with E-state index in [2.05, 4.69) is 10.1 Å². The molecule has 0 saturated carbocycles. The van der Waals surface area contributed by atoms with E-state index in [1.807, 2.05) is 30.3 Å². The van der Waals surface area contributed by atoms with Crippen molar-refractivity contribution in [1.82, 2.24) is 5.32 Å². The molecular weight excluding hydrogens is 298 g/mol. The molecule has 2 rings (SSSR count). The number of amides is 1. The van der Waals surface area contributed by atoms with Crippen LogP contribution in [0.4, 0.5) is 4.79 Å². The second kappa shape index (κ2) is 7.84. The highest BCUT2D eigenvalue weighted by Crippen LogP contribution is 2.18. The number of methoxy groups -OCH3 is 1. The highest BCUT2D eigenvalue weighted by molar-refractivity contribution is 5.82. The fraction of sp³-hybridized carbons (Fsp3) is 0.176. The maximum absolute atomic E-state index is 11.9. The summed E-state index contributed by atoms with van der Waals surface area (Å²) in [6.07, 6.45) is -0.739. The fourth-order valence-corrected chi connectivity index (χ4v) is 1.95. The van der Waals surface area contributed by atoms with Crippen molar-refractivity contribution in [2.24, 2.45) is 0 Å². The van der Waals surface area contributed by atoms with Crippen LogP contribution in [-0.2, 0) is 20.9 Å². The lowest BCUT2D eigenvalue weighted by molar-refractivity contribution is -0.143.